The number of piperidine rings is 1. The molecular formula is C21H29ClIN3O2. The van der Waals surface area contributed by atoms with Crippen molar-refractivity contribution in [2.75, 3.05) is 19.8 Å². The third-order valence-electron chi connectivity index (χ3n) is 6.16. The summed E-state index contributed by atoms with van der Waals surface area (Å²) in [6, 6.07) is 4.60. The molecule has 0 radical (unpaired) electrons. The van der Waals surface area contributed by atoms with Gasteiger partial charge in [0.1, 0.15) is 5.75 Å². The maximum Gasteiger partial charge on any atom is 0.255 e. The van der Waals surface area contributed by atoms with E-state index < -0.39 is 0 Å². The number of nitrogens with zero attached hydrogens (tertiary/aromatic N) is 1. The van der Waals surface area contributed by atoms with Crippen molar-refractivity contribution in [1.82, 2.24) is 5.32 Å². The molecule has 2 bridgehead atoms. The molecule has 1 unspecified atom stereocenters. The van der Waals surface area contributed by atoms with E-state index in [0.717, 1.165) is 17.3 Å². The van der Waals surface area contributed by atoms with Crippen LogP contribution >= 0.6 is 11.6 Å². The Morgan fingerprint density at radius 2 is 1.93 bits per heavy atom. The second kappa shape index (κ2) is 9.10. The Labute approximate surface area is 189 Å². The quantitative estimate of drug-likeness (QED) is 0.260. The number of benzene rings is 1. The van der Waals surface area contributed by atoms with Gasteiger partial charge in [-0.1, -0.05) is 17.5 Å². The van der Waals surface area contributed by atoms with Gasteiger partial charge in [-0.15, -0.1) is 5.92 Å². The van der Waals surface area contributed by atoms with Crippen molar-refractivity contribution in [3.63, 3.8) is 0 Å². The Balaban J connectivity index is 0.00000280. The average molecular weight is 518 g/mol. The molecule has 0 saturated carbocycles. The first-order valence-electron chi connectivity index (χ1n) is 9.54. The molecule has 4 atom stereocenters. The highest BCUT2D eigenvalue weighted by Gasteiger charge is 2.49. The fourth-order valence-electron chi connectivity index (χ4n) is 4.53. The highest BCUT2D eigenvalue weighted by atomic mass is 127. The van der Waals surface area contributed by atoms with E-state index in [1.807, 2.05) is 6.92 Å². The second-order valence-corrected chi connectivity index (χ2v) is 8.59. The topological polar surface area (TPSA) is 64.3 Å². The van der Waals surface area contributed by atoms with E-state index in [0.29, 0.717) is 34.1 Å². The van der Waals surface area contributed by atoms with Gasteiger partial charge in [0.05, 0.1) is 42.5 Å². The van der Waals surface area contributed by atoms with Crippen molar-refractivity contribution in [3.05, 3.63) is 22.7 Å². The fraction of sp³-hybridized carbons (Fsp3) is 0.571. The summed E-state index contributed by atoms with van der Waals surface area (Å²) in [5, 5.41) is 3.55. The van der Waals surface area contributed by atoms with E-state index in [9.17, 15) is 4.79 Å². The molecule has 2 aliphatic rings. The predicted octanol–water partition coefficient (Wildman–Crippen LogP) is 0.216. The van der Waals surface area contributed by atoms with Gasteiger partial charge in [-0.05, 0) is 19.9 Å². The number of hydrogen-bond donors (Lipinski definition) is 2. The van der Waals surface area contributed by atoms with Crippen molar-refractivity contribution in [1.29, 1.82) is 0 Å². The van der Waals surface area contributed by atoms with Gasteiger partial charge >= 0.3 is 0 Å². The van der Waals surface area contributed by atoms with Crippen LogP contribution in [0.25, 0.3) is 0 Å². The highest BCUT2D eigenvalue weighted by molar-refractivity contribution is 6.33. The van der Waals surface area contributed by atoms with Gasteiger partial charge < -0.3 is 44.2 Å². The molecule has 1 amide bonds. The van der Waals surface area contributed by atoms with E-state index in [1.54, 1.807) is 19.1 Å². The molecule has 2 aliphatic heterocycles. The van der Waals surface area contributed by atoms with E-state index >= 15 is 0 Å². The molecule has 7 heteroatoms. The monoisotopic (exact) mass is 517 g/mol. The number of ether oxygens (including phenoxy) is 1. The maximum absolute atomic E-state index is 13.0. The summed E-state index contributed by atoms with van der Waals surface area (Å²) in [5.74, 6) is 5.99. The van der Waals surface area contributed by atoms with Crippen LogP contribution in [-0.2, 0) is 0 Å². The minimum absolute atomic E-state index is 0. The van der Waals surface area contributed by atoms with Crippen LogP contribution < -0.4 is 39.8 Å². The first-order valence-corrected chi connectivity index (χ1v) is 9.92. The van der Waals surface area contributed by atoms with Crippen LogP contribution in [0.2, 0.25) is 5.02 Å². The number of quaternary nitrogens is 1. The second-order valence-electron chi connectivity index (χ2n) is 8.18. The summed E-state index contributed by atoms with van der Waals surface area (Å²) in [5.41, 5.74) is 6.71. The van der Waals surface area contributed by atoms with Gasteiger partial charge in [-0.2, -0.15) is 0 Å². The summed E-state index contributed by atoms with van der Waals surface area (Å²) in [6.07, 6.45) is 4.14. The van der Waals surface area contributed by atoms with Crippen LogP contribution in [0.1, 0.15) is 49.9 Å². The van der Waals surface area contributed by atoms with Crippen LogP contribution in [-0.4, -0.2) is 48.7 Å². The SMILES string of the molecule is CC#C[C@H](C)Oc1cc(N)c(Cl)cc1C(=O)NC1C[C@H]2CC[C@@H](C1)[N+]2(C)C.[I-]. The van der Waals surface area contributed by atoms with Crippen molar-refractivity contribution in [2.45, 2.75) is 63.8 Å². The van der Waals surface area contributed by atoms with Crippen LogP contribution in [0, 0.1) is 11.8 Å². The Morgan fingerprint density at radius 1 is 1.32 bits per heavy atom. The minimum atomic E-state index is -0.342. The van der Waals surface area contributed by atoms with Crippen LogP contribution in [0.4, 0.5) is 5.69 Å². The number of rotatable bonds is 4. The van der Waals surface area contributed by atoms with Gasteiger partial charge in [-0.25, -0.2) is 0 Å². The number of hydrogen-bond acceptors (Lipinski definition) is 3. The van der Waals surface area contributed by atoms with Crippen molar-refractivity contribution in [3.8, 4) is 17.6 Å². The molecule has 0 aromatic heterocycles. The fourth-order valence-corrected chi connectivity index (χ4v) is 4.69. The Kier molecular flexibility index (Phi) is 7.51. The maximum atomic E-state index is 13.0. The molecule has 28 heavy (non-hydrogen) atoms. The standard InChI is InChI=1S/C21H28ClN3O2.HI/c1-5-6-13(2)27-20-12-19(23)18(22)11-17(20)21(26)24-14-9-15-7-8-16(10-14)25(15,3)4;/h11-16H,7-10H2,1-4H3,(H2-,23,24,26);1H/t13-,14?,15-,16+;/m0./s1. The molecule has 2 heterocycles. The molecule has 1 aromatic rings. The molecule has 1 aromatic carbocycles. The lowest BCUT2D eigenvalue weighted by molar-refractivity contribution is -0.930. The zero-order valence-electron chi connectivity index (χ0n) is 16.9. The number of nitrogens with two attached hydrogens (primary N) is 1. The number of halogens is 2. The van der Waals surface area contributed by atoms with Gasteiger partial charge in [0.2, 0.25) is 0 Å². The number of amides is 1. The molecule has 0 spiro atoms. The zero-order valence-corrected chi connectivity index (χ0v) is 19.8. The lowest BCUT2D eigenvalue weighted by atomic mass is 9.95. The summed E-state index contributed by atoms with van der Waals surface area (Å²) in [6.45, 7) is 3.59. The summed E-state index contributed by atoms with van der Waals surface area (Å²) >= 11 is 6.17. The van der Waals surface area contributed by atoms with E-state index in [2.05, 4.69) is 31.3 Å². The predicted molar refractivity (Wildman–Crippen MR) is 109 cm³/mol. The largest absolute Gasteiger partial charge is 1.00 e. The molecule has 5 nitrogen and oxygen atoms in total. The van der Waals surface area contributed by atoms with Crippen molar-refractivity contribution >= 4 is 23.2 Å². The van der Waals surface area contributed by atoms with E-state index in [-0.39, 0.29) is 42.0 Å². The lowest BCUT2D eigenvalue weighted by Gasteiger charge is -2.44. The first kappa shape index (κ1) is 23.1. The molecule has 3 rings (SSSR count). The molecule has 3 N–H and O–H groups in total. The van der Waals surface area contributed by atoms with Gasteiger partial charge in [0.25, 0.3) is 5.91 Å². The number of nitrogens with one attached hydrogen (secondary N) is 1. The van der Waals surface area contributed by atoms with E-state index in [4.69, 9.17) is 22.1 Å². The Bertz CT molecular complexity index is 787. The van der Waals surface area contributed by atoms with Gasteiger partial charge in [0.15, 0.2) is 6.10 Å². The number of carbonyl (C=O) groups excluding carboxylic acids is 1. The summed E-state index contributed by atoms with van der Waals surface area (Å²) in [7, 11) is 4.62. The third-order valence-corrected chi connectivity index (χ3v) is 6.49. The van der Waals surface area contributed by atoms with E-state index in [1.165, 1.54) is 12.8 Å². The Morgan fingerprint density at radius 3 is 2.50 bits per heavy atom. The number of carbonyl (C=O) groups is 1. The number of nitrogen functional groups attached to an aromatic ring is 1. The molecule has 154 valence electrons. The molecule has 0 aliphatic carbocycles. The minimum Gasteiger partial charge on any atom is -1.00 e. The Hall–Kier alpha value is -1.17. The summed E-state index contributed by atoms with van der Waals surface area (Å²) < 4.78 is 6.91. The molecular weight excluding hydrogens is 489 g/mol. The normalized spacial score (nSPS) is 25.7. The molecule has 2 saturated heterocycles. The van der Waals surface area contributed by atoms with Gasteiger partial charge in [0, 0.05) is 37.8 Å². The number of fused-ring (bicyclic) bond motifs is 2. The molecule has 2 fully saturated rings. The average Bonchev–Trinajstić information content (AvgIpc) is 2.75. The summed E-state index contributed by atoms with van der Waals surface area (Å²) in [4.78, 5) is 13.0. The number of anilines is 1. The van der Waals surface area contributed by atoms with Crippen molar-refractivity contribution < 1.29 is 38.0 Å². The van der Waals surface area contributed by atoms with Gasteiger partial charge in [-0.3, -0.25) is 4.79 Å². The first-order chi connectivity index (χ1) is 12.7. The lowest BCUT2D eigenvalue weighted by Crippen LogP contribution is -3.00. The van der Waals surface area contributed by atoms with Crippen molar-refractivity contribution in [2.24, 2.45) is 0 Å². The van der Waals surface area contributed by atoms with Crippen LogP contribution in [0.5, 0.6) is 5.75 Å². The highest BCUT2D eigenvalue weighted by Crippen LogP contribution is 2.39. The zero-order chi connectivity index (χ0) is 19.8. The third kappa shape index (κ3) is 4.69. The van der Waals surface area contributed by atoms with Crippen LogP contribution in [0.15, 0.2) is 12.1 Å². The van der Waals surface area contributed by atoms with Crippen LogP contribution in [0.3, 0.4) is 0 Å². The smallest absolute Gasteiger partial charge is 0.255 e.